The van der Waals surface area contributed by atoms with E-state index in [1.165, 1.54) is 5.69 Å². The van der Waals surface area contributed by atoms with Crippen LogP contribution in [-0.2, 0) is 4.79 Å². The van der Waals surface area contributed by atoms with Crippen LogP contribution in [0.4, 0.5) is 5.69 Å². The second kappa shape index (κ2) is 6.00. The Bertz CT molecular complexity index is 607. The van der Waals surface area contributed by atoms with Crippen LogP contribution in [0.5, 0.6) is 5.75 Å². The fourth-order valence-electron chi connectivity index (χ4n) is 2.63. The number of nitrogens with zero attached hydrogens (tertiary/aromatic N) is 1. The van der Waals surface area contributed by atoms with Crippen LogP contribution in [0.3, 0.4) is 0 Å². The van der Waals surface area contributed by atoms with Crippen LogP contribution in [0.25, 0.3) is 0 Å². The van der Waals surface area contributed by atoms with Crippen molar-refractivity contribution < 1.29 is 9.53 Å². The van der Waals surface area contributed by atoms with E-state index in [2.05, 4.69) is 17.0 Å². The predicted octanol–water partition coefficient (Wildman–Crippen LogP) is 3.43. The van der Waals surface area contributed by atoms with Crippen molar-refractivity contribution in [2.45, 2.75) is 13.3 Å². The Morgan fingerprint density at radius 2 is 1.81 bits per heavy atom. The first-order valence-corrected chi connectivity index (χ1v) is 7.31. The van der Waals surface area contributed by atoms with Crippen molar-refractivity contribution in [3.8, 4) is 5.75 Å². The van der Waals surface area contributed by atoms with E-state index in [0.29, 0.717) is 5.75 Å². The zero-order valence-corrected chi connectivity index (χ0v) is 12.2. The molecule has 3 rings (SSSR count). The number of hydrogen-bond acceptors (Lipinski definition) is 3. The number of esters is 1. The summed E-state index contributed by atoms with van der Waals surface area (Å²) in [4.78, 5) is 14.5. The lowest BCUT2D eigenvalue weighted by Crippen LogP contribution is -2.25. The largest absolute Gasteiger partial charge is 0.426 e. The van der Waals surface area contributed by atoms with Gasteiger partial charge >= 0.3 is 5.97 Å². The smallest absolute Gasteiger partial charge is 0.316 e. The summed E-state index contributed by atoms with van der Waals surface area (Å²) in [7, 11) is 0. The molecule has 0 N–H and O–H groups in total. The molecule has 108 valence electrons. The van der Waals surface area contributed by atoms with Crippen LogP contribution in [0.2, 0.25) is 0 Å². The summed E-state index contributed by atoms with van der Waals surface area (Å²) in [5.41, 5.74) is 2.33. The number of para-hydroxylation sites is 1. The highest BCUT2D eigenvalue weighted by molar-refractivity contribution is 5.76. The highest BCUT2D eigenvalue weighted by Gasteiger charge is 2.29. The number of anilines is 1. The fraction of sp³-hybridized carbons (Fsp3) is 0.278. The summed E-state index contributed by atoms with van der Waals surface area (Å²) in [6, 6.07) is 17.8. The Labute approximate surface area is 125 Å². The molecule has 0 spiro atoms. The lowest BCUT2D eigenvalue weighted by molar-refractivity contribution is -0.138. The number of benzene rings is 2. The molecule has 1 aliphatic rings. The Morgan fingerprint density at radius 1 is 1.10 bits per heavy atom. The van der Waals surface area contributed by atoms with E-state index in [-0.39, 0.29) is 11.9 Å². The van der Waals surface area contributed by atoms with E-state index >= 15 is 0 Å². The van der Waals surface area contributed by atoms with Gasteiger partial charge in [0.15, 0.2) is 0 Å². The minimum absolute atomic E-state index is 0.0495. The molecule has 0 aromatic heterocycles. The minimum atomic E-state index is -0.128. The maximum absolute atomic E-state index is 12.2. The summed E-state index contributed by atoms with van der Waals surface area (Å²) in [6.07, 6.45) is 0.847. The normalized spacial score (nSPS) is 17.8. The van der Waals surface area contributed by atoms with Gasteiger partial charge in [-0.25, -0.2) is 0 Å². The molecule has 0 aliphatic carbocycles. The maximum Gasteiger partial charge on any atom is 0.316 e. The van der Waals surface area contributed by atoms with E-state index in [0.717, 1.165) is 25.1 Å². The first kappa shape index (κ1) is 13.7. The molecule has 0 bridgehead atoms. The van der Waals surface area contributed by atoms with Crippen molar-refractivity contribution in [3.63, 3.8) is 0 Å². The van der Waals surface area contributed by atoms with Crippen molar-refractivity contribution in [3.05, 3.63) is 60.2 Å². The van der Waals surface area contributed by atoms with Gasteiger partial charge in [0.25, 0.3) is 0 Å². The molecule has 1 unspecified atom stereocenters. The number of rotatable bonds is 3. The predicted molar refractivity (Wildman–Crippen MR) is 83.6 cm³/mol. The molecular weight excluding hydrogens is 262 g/mol. The molecule has 0 saturated carbocycles. The zero-order valence-electron chi connectivity index (χ0n) is 12.2. The SMILES string of the molecule is Cc1ccc(OC(=O)C2CCN(c3ccccc3)C2)cc1. The van der Waals surface area contributed by atoms with Gasteiger partial charge in [0.1, 0.15) is 5.75 Å². The van der Waals surface area contributed by atoms with Gasteiger partial charge in [-0.2, -0.15) is 0 Å². The van der Waals surface area contributed by atoms with E-state index < -0.39 is 0 Å². The van der Waals surface area contributed by atoms with Gasteiger partial charge in [-0.1, -0.05) is 35.9 Å². The topological polar surface area (TPSA) is 29.5 Å². The van der Waals surface area contributed by atoms with Crippen LogP contribution in [0.15, 0.2) is 54.6 Å². The standard InChI is InChI=1S/C18H19NO2/c1-14-7-9-17(10-8-14)21-18(20)15-11-12-19(13-15)16-5-3-2-4-6-16/h2-10,15H,11-13H2,1H3. The van der Waals surface area contributed by atoms with E-state index in [1.54, 1.807) is 0 Å². The molecule has 0 amide bonds. The number of aryl methyl sites for hydroxylation is 1. The summed E-state index contributed by atoms with van der Waals surface area (Å²) in [6.45, 7) is 3.65. The second-order valence-electron chi connectivity index (χ2n) is 5.50. The van der Waals surface area contributed by atoms with Gasteiger partial charge in [-0.3, -0.25) is 4.79 Å². The third kappa shape index (κ3) is 3.24. The summed E-state index contributed by atoms with van der Waals surface area (Å²) >= 11 is 0. The fourth-order valence-corrected chi connectivity index (χ4v) is 2.63. The number of carbonyl (C=O) groups is 1. The van der Waals surface area contributed by atoms with Crippen molar-refractivity contribution in [1.29, 1.82) is 0 Å². The monoisotopic (exact) mass is 281 g/mol. The molecular formula is C18H19NO2. The Kier molecular flexibility index (Phi) is 3.91. The van der Waals surface area contributed by atoms with Crippen LogP contribution in [-0.4, -0.2) is 19.1 Å². The molecule has 1 fully saturated rings. The van der Waals surface area contributed by atoms with Crippen molar-refractivity contribution >= 4 is 11.7 Å². The van der Waals surface area contributed by atoms with Crippen LogP contribution in [0.1, 0.15) is 12.0 Å². The molecule has 1 saturated heterocycles. The molecule has 2 aromatic rings. The summed E-state index contributed by atoms with van der Waals surface area (Å²) in [5, 5.41) is 0. The lowest BCUT2D eigenvalue weighted by Gasteiger charge is -2.18. The van der Waals surface area contributed by atoms with E-state index in [9.17, 15) is 4.79 Å². The van der Waals surface area contributed by atoms with Crippen molar-refractivity contribution in [2.24, 2.45) is 5.92 Å². The first-order valence-electron chi connectivity index (χ1n) is 7.31. The molecule has 1 aliphatic heterocycles. The third-order valence-electron chi connectivity index (χ3n) is 3.88. The quantitative estimate of drug-likeness (QED) is 0.637. The highest BCUT2D eigenvalue weighted by Crippen LogP contribution is 2.25. The van der Waals surface area contributed by atoms with E-state index in [4.69, 9.17) is 4.74 Å². The van der Waals surface area contributed by atoms with E-state index in [1.807, 2.05) is 49.4 Å². The van der Waals surface area contributed by atoms with Crippen molar-refractivity contribution in [2.75, 3.05) is 18.0 Å². The molecule has 1 atom stereocenters. The number of hydrogen-bond donors (Lipinski definition) is 0. The van der Waals surface area contributed by atoms with Gasteiger partial charge < -0.3 is 9.64 Å². The molecule has 3 heteroatoms. The van der Waals surface area contributed by atoms with Crippen molar-refractivity contribution in [1.82, 2.24) is 0 Å². The number of ether oxygens (including phenoxy) is 1. The summed E-state index contributed by atoms with van der Waals surface area (Å²) < 4.78 is 5.47. The Hall–Kier alpha value is -2.29. The highest BCUT2D eigenvalue weighted by atomic mass is 16.5. The zero-order chi connectivity index (χ0) is 14.7. The maximum atomic E-state index is 12.2. The lowest BCUT2D eigenvalue weighted by atomic mass is 10.1. The Balaban J connectivity index is 1.61. The average Bonchev–Trinajstić information content (AvgIpc) is 3.00. The minimum Gasteiger partial charge on any atom is -0.426 e. The second-order valence-corrected chi connectivity index (χ2v) is 5.50. The molecule has 0 radical (unpaired) electrons. The molecule has 1 heterocycles. The summed E-state index contributed by atoms with van der Waals surface area (Å²) in [5.74, 6) is 0.451. The molecule has 21 heavy (non-hydrogen) atoms. The van der Waals surface area contributed by atoms with Gasteiger partial charge in [-0.05, 0) is 37.6 Å². The third-order valence-corrected chi connectivity index (χ3v) is 3.88. The average molecular weight is 281 g/mol. The van der Waals surface area contributed by atoms with Crippen LogP contribution in [0, 0.1) is 12.8 Å². The van der Waals surface area contributed by atoms with Gasteiger partial charge in [-0.15, -0.1) is 0 Å². The van der Waals surface area contributed by atoms with Crippen LogP contribution >= 0.6 is 0 Å². The molecule has 2 aromatic carbocycles. The van der Waals surface area contributed by atoms with Crippen LogP contribution < -0.4 is 9.64 Å². The van der Waals surface area contributed by atoms with Gasteiger partial charge in [0.2, 0.25) is 0 Å². The van der Waals surface area contributed by atoms with Gasteiger partial charge in [0, 0.05) is 18.8 Å². The Morgan fingerprint density at radius 3 is 2.52 bits per heavy atom. The molecule has 3 nitrogen and oxygen atoms in total. The van der Waals surface area contributed by atoms with Gasteiger partial charge in [0.05, 0.1) is 5.92 Å². The number of carbonyl (C=O) groups excluding carboxylic acids is 1. The first-order chi connectivity index (χ1) is 10.2.